The summed E-state index contributed by atoms with van der Waals surface area (Å²) >= 11 is 0. The van der Waals surface area contributed by atoms with Crippen LogP contribution in [-0.2, 0) is 0 Å². The van der Waals surface area contributed by atoms with Crippen molar-refractivity contribution in [3.05, 3.63) is 90.8 Å². The van der Waals surface area contributed by atoms with Gasteiger partial charge in [0, 0.05) is 18.0 Å². The van der Waals surface area contributed by atoms with Gasteiger partial charge in [0.25, 0.3) is 0 Å². The molecule has 0 saturated heterocycles. The SMILES string of the molecule is C[C@@H](Nc1nccc(-c2c(-c3ccccc3)nc3nc(N)ccn23)n1)c1ccccc1. The predicted octanol–water partition coefficient (Wildman–Crippen LogP) is 4.61. The lowest BCUT2D eigenvalue weighted by atomic mass is 10.1. The Morgan fingerprint density at radius 3 is 2.39 bits per heavy atom. The first-order valence-corrected chi connectivity index (χ1v) is 10.0. The number of imidazole rings is 1. The number of benzene rings is 2. The number of rotatable bonds is 5. The molecule has 7 heteroatoms. The van der Waals surface area contributed by atoms with E-state index in [0.29, 0.717) is 17.5 Å². The van der Waals surface area contributed by atoms with E-state index >= 15 is 0 Å². The van der Waals surface area contributed by atoms with E-state index in [1.807, 2.05) is 65.2 Å². The molecule has 3 heterocycles. The van der Waals surface area contributed by atoms with E-state index in [2.05, 4.69) is 34.3 Å². The summed E-state index contributed by atoms with van der Waals surface area (Å²) < 4.78 is 1.91. The number of anilines is 2. The quantitative estimate of drug-likeness (QED) is 0.442. The summed E-state index contributed by atoms with van der Waals surface area (Å²) in [6.45, 7) is 2.09. The number of nitrogens with zero attached hydrogens (tertiary/aromatic N) is 5. The van der Waals surface area contributed by atoms with Gasteiger partial charge in [-0.2, -0.15) is 4.98 Å². The van der Waals surface area contributed by atoms with Gasteiger partial charge in [0.1, 0.15) is 17.2 Å². The molecule has 0 amide bonds. The van der Waals surface area contributed by atoms with Crippen LogP contribution >= 0.6 is 0 Å². The van der Waals surface area contributed by atoms with Crippen LogP contribution in [-0.4, -0.2) is 24.3 Å². The highest BCUT2D eigenvalue weighted by atomic mass is 15.2. The molecule has 0 aliphatic rings. The summed E-state index contributed by atoms with van der Waals surface area (Å²) in [7, 11) is 0. The van der Waals surface area contributed by atoms with Gasteiger partial charge in [0.2, 0.25) is 11.7 Å². The lowest BCUT2D eigenvalue weighted by Crippen LogP contribution is -2.09. The summed E-state index contributed by atoms with van der Waals surface area (Å²) in [5.74, 6) is 1.50. The molecular weight excluding hydrogens is 386 g/mol. The molecule has 3 aromatic heterocycles. The molecule has 0 radical (unpaired) electrons. The maximum Gasteiger partial charge on any atom is 0.236 e. The average Bonchev–Trinajstić information content (AvgIpc) is 3.19. The minimum absolute atomic E-state index is 0.0636. The largest absolute Gasteiger partial charge is 0.384 e. The van der Waals surface area contributed by atoms with Crippen molar-refractivity contribution in [3.63, 3.8) is 0 Å². The smallest absolute Gasteiger partial charge is 0.236 e. The molecule has 2 aromatic carbocycles. The molecular formula is C24H21N7. The van der Waals surface area contributed by atoms with E-state index in [9.17, 15) is 0 Å². The van der Waals surface area contributed by atoms with Gasteiger partial charge in [-0.15, -0.1) is 0 Å². The van der Waals surface area contributed by atoms with Gasteiger partial charge in [-0.3, -0.25) is 4.40 Å². The zero-order valence-electron chi connectivity index (χ0n) is 17.0. The Morgan fingerprint density at radius 2 is 1.61 bits per heavy atom. The predicted molar refractivity (Wildman–Crippen MR) is 122 cm³/mol. The van der Waals surface area contributed by atoms with Crippen LogP contribution in [0.25, 0.3) is 28.4 Å². The third-order valence-corrected chi connectivity index (χ3v) is 5.11. The first-order valence-electron chi connectivity index (χ1n) is 10.0. The second-order valence-electron chi connectivity index (χ2n) is 7.24. The van der Waals surface area contributed by atoms with E-state index in [4.69, 9.17) is 15.7 Å². The molecule has 1 atom stereocenters. The molecule has 0 aliphatic carbocycles. The molecule has 31 heavy (non-hydrogen) atoms. The van der Waals surface area contributed by atoms with Gasteiger partial charge in [0.05, 0.1) is 11.7 Å². The van der Waals surface area contributed by atoms with Crippen LogP contribution in [0.3, 0.4) is 0 Å². The summed E-state index contributed by atoms with van der Waals surface area (Å²) in [4.78, 5) is 18.4. The Balaban J connectivity index is 1.60. The molecule has 5 rings (SSSR count). The van der Waals surface area contributed by atoms with E-state index in [0.717, 1.165) is 28.2 Å². The number of nitrogen functional groups attached to an aromatic ring is 1. The van der Waals surface area contributed by atoms with Gasteiger partial charge in [-0.1, -0.05) is 60.7 Å². The number of fused-ring (bicyclic) bond motifs is 1. The standard InChI is InChI=1S/C24H21N7/c1-16(17-8-4-2-5-9-17)27-23-26-14-12-19(28-23)22-21(18-10-6-3-7-11-18)30-24-29-20(25)13-15-31(22)24/h2-16H,1H3,(H2,25,29,30)(H,26,27,28)/t16-/m1/s1. The van der Waals surface area contributed by atoms with Gasteiger partial charge in [0.15, 0.2) is 0 Å². The summed E-state index contributed by atoms with van der Waals surface area (Å²) in [5.41, 5.74) is 10.4. The van der Waals surface area contributed by atoms with Crippen molar-refractivity contribution >= 4 is 17.5 Å². The monoisotopic (exact) mass is 407 g/mol. The van der Waals surface area contributed by atoms with E-state index in [1.54, 1.807) is 12.3 Å². The fraction of sp³-hybridized carbons (Fsp3) is 0.0833. The summed E-state index contributed by atoms with van der Waals surface area (Å²) in [6.07, 6.45) is 3.62. The topological polar surface area (TPSA) is 94.0 Å². The van der Waals surface area contributed by atoms with E-state index < -0.39 is 0 Å². The molecule has 0 fully saturated rings. The lowest BCUT2D eigenvalue weighted by Gasteiger charge is -2.14. The van der Waals surface area contributed by atoms with E-state index in [-0.39, 0.29) is 6.04 Å². The van der Waals surface area contributed by atoms with Crippen molar-refractivity contribution in [2.75, 3.05) is 11.1 Å². The molecule has 5 aromatic rings. The number of aromatic nitrogens is 5. The summed E-state index contributed by atoms with van der Waals surface area (Å²) in [5, 5.41) is 3.39. The van der Waals surface area contributed by atoms with E-state index in [1.165, 1.54) is 0 Å². The zero-order valence-corrected chi connectivity index (χ0v) is 17.0. The maximum absolute atomic E-state index is 5.89. The van der Waals surface area contributed by atoms with Gasteiger partial charge < -0.3 is 11.1 Å². The highest BCUT2D eigenvalue weighted by Gasteiger charge is 2.19. The molecule has 0 saturated carbocycles. The van der Waals surface area contributed by atoms with Crippen molar-refractivity contribution in [1.82, 2.24) is 24.3 Å². The third kappa shape index (κ3) is 3.69. The second kappa shape index (κ2) is 7.87. The van der Waals surface area contributed by atoms with Gasteiger partial charge in [-0.25, -0.2) is 15.0 Å². The molecule has 7 nitrogen and oxygen atoms in total. The molecule has 0 aliphatic heterocycles. The number of nitrogens with one attached hydrogen (secondary N) is 1. The molecule has 0 spiro atoms. The highest BCUT2D eigenvalue weighted by Crippen LogP contribution is 2.32. The Morgan fingerprint density at radius 1 is 0.871 bits per heavy atom. The normalized spacial score (nSPS) is 12.0. The number of nitrogens with two attached hydrogens (primary N) is 1. The second-order valence-corrected chi connectivity index (χ2v) is 7.24. The van der Waals surface area contributed by atoms with Crippen LogP contribution in [0, 0.1) is 0 Å². The number of hydrogen-bond donors (Lipinski definition) is 2. The van der Waals surface area contributed by atoms with Crippen molar-refractivity contribution in [2.45, 2.75) is 13.0 Å². The van der Waals surface area contributed by atoms with Crippen LogP contribution in [0.4, 0.5) is 11.8 Å². The van der Waals surface area contributed by atoms with Crippen LogP contribution in [0.1, 0.15) is 18.5 Å². The van der Waals surface area contributed by atoms with Crippen LogP contribution in [0.5, 0.6) is 0 Å². The fourth-order valence-electron chi connectivity index (χ4n) is 3.57. The zero-order chi connectivity index (χ0) is 21.2. The van der Waals surface area contributed by atoms with Gasteiger partial charge >= 0.3 is 0 Å². The van der Waals surface area contributed by atoms with Crippen molar-refractivity contribution < 1.29 is 0 Å². The lowest BCUT2D eigenvalue weighted by molar-refractivity contribution is 0.860. The summed E-state index contributed by atoms with van der Waals surface area (Å²) in [6, 6.07) is 23.9. The van der Waals surface area contributed by atoms with Crippen molar-refractivity contribution in [3.8, 4) is 22.6 Å². The minimum atomic E-state index is 0.0636. The van der Waals surface area contributed by atoms with Crippen LogP contribution in [0.2, 0.25) is 0 Å². The third-order valence-electron chi connectivity index (χ3n) is 5.11. The Bertz CT molecular complexity index is 1330. The highest BCUT2D eigenvalue weighted by molar-refractivity contribution is 5.80. The van der Waals surface area contributed by atoms with Gasteiger partial charge in [-0.05, 0) is 24.6 Å². The van der Waals surface area contributed by atoms with Crippen molar-refractivity contribution in [2.24, 2.45) is 0 Å². The fourth-order valence-corrected chi connectivity index (χ4v) is 3.57. The molecule has 152 valence electrons. The molecule has 3 N–H and O–H groups in total. The maximum atomic E-state index is 5.89. The van der Waals surface area contributed by atoms with Crippen molar-refractivity contribution in [1.29, 1.82) is 0 Å². The molecule has 0 bridgehead atoms. The Labute approximate surface area is 179 Å². The first kappa shape index (κ1) is 18.7. The minimum Gasteiger partial charge on any atom is -0.384 e. The van der Waals surface area contributed by atoms with Crippen LogP contribution in [0.15, 0.2) is 85.2 Å². The van der Waals surface area contributed by atoms with Crippen LogP contribution < -0.4 is 11.1 Å². The molecule has 0 unspecified atom stereocenters. The Kier molecular flexibility index (Phi) is 4.76. The Hall–Kier alpha value is -4.26. The first-order chi connectivity index (χ1) is 15.2. The number of hydrogen-bond acceptors (Lipinski definition) is 6. The average molecular weight is 407 g/mol.